The molecule has 2 nitrogen and oxygen atoms in total. The third-order valence-corrected chi connectivity index (χ3v) is 4.09. The Labute approximate surface area is 155 Å². The minimum atomic E-state index is 0.665. The van der Waals surface area contributed by atoms with Gasteiger partial charge in [0.15, 0.2) is 5.84 Å². The Morgan fingerprint density at radius 1 is 0.692 bits per heavy atom. The first-order chi connectivity index (χ1) is 12.6. The van der Waals surface area contributed by atoms with Gasteiger partial charge < -0.3 is 0 Å². The molecule has 0 aliphatic carbocycles. The Morgan fingerprint density at radius 3 is 1.88 bits per heavy atom. The molecule has 0 amide bonds. The lowest BCUT2D eigenvalue weighted by Gasteiger charge is -2.07. The largest absolute Gasteiger partial charge is 0.233 e. The molecule has 0 atom stereocenters. The van der Waals surface area contributed by atoms with Crippen LogP contribution < -0.4 is 0 Å². The fourth-order valence-corrected chi connectivity index (χ4v) is 2.66. The second kappa shape index (κ2) is 8.21. The van der Waals surface area contributed by atoms with E-state index in [0.717, 1.165) is 22.4 Å². The molecule has 0 fully saturated rings. The summed E-state index contributed by atoms with van der Waals surface area (Å²) in [5, 5.41) is 0. The molecule has 0 aliphatic heterocycles. The second-order valence-corrected chi connectivity index (χ2v) is 6.18. The van der Waals surface area contributed by atoms with Crippen LogP contribution in [0, 0.1) is 6.92 Å². The van der Waals surface area contributed by atoms with Crippen LogP contribution in [0.3, 0.4) is 0 Å². The molecular weight excluding hydrogens is 316 g/mol. The molecule has 0 N–H and O–H groups in total. The fraction of sp³-hybridized carbons (Fsp3) is 0.0833. The lowest BCUT2D eigenvalue weighted by molar-refractivity contribution is 1.40. The van der Waals surface area contributed by atoms with Crippen LogP contribution in [-0.4, -0.2) is 11.5 Å². The molecule has 0 bridgehead atoms. The summed E-state index contributed by atoms with van der Waals surface area (Å²) in [6.45, 7) is 8.22. The van der Waals surface area contributed by atoms with E-state index >= 15 is 0 Å². The Bertz CT molecular complexity index is 952. The van der Waals surface area contributed by atoms with Crippen molar-refractivity contribution in [1.29, 1.82) is 0 Å². The quantitative estimate of drug-likeness (QED) is 0.416. The smallest absolute Gasteiger partial charge is 0.160 e. The monoisotopic (exact) mass is 338 g/mol. The standard InChI is InChI=1S/C24H22N2/c1-18-11-10-16-23(17-18)20(3)26-24(22-14-8-5-9-15-22)25-19(2)21-12-6-4-7-13-21/h4-17H,3H2,1-2H3. The molecule has 3 aromatic rings. The minimum Gasteiger partial charge on any atom is -0.233 e. The molecule has 3 aromatic carbocycles. The predicted molar refractivity (Wildman–Crippen MR) is 112 cm³/mol. The van der Waals surface area contributed by atoms with Crippen molar-refractivity contribution in [1.82, 2.24) is 0 Å². The van der Waals surface area contributed by atoms with Gasteiger partial charge in [0.2, 0.25) is 0 Å². The Hall–Kier alpha value is -3.26. The Kier molecular flexibility index (Phi) is 5.55. The first-order valence-electron chi connectivity index (χ1n) is 8.64. The van der Waals surface area contributed by atoms with Gasteiger partial charge in [0.05, 0.1) is 5.70 Å². The zero-order valence-corrected chi connectivity index (χ0v) is 15.2. The number of rotatable bonds is 4. The number of hydrogen-bond donors (Lipinski definition) is 0. The van der Waals surface area contributed by atoms with Crippen LogP contribution in [0.4, 0.5) is 0 Å². The van der Waals surface area contributed by atoms with E-state index in [1.807, 2.05) is 67.6 Å². The van der Waals surface area contributed by atoms with Gasteiger partial charge in [-0.3, -0.25) is 0 Å². The maximum Gasteiger partial charge on any atom is 0.160 e. The number of aryl methyl sites for hydroxylation is 1. The van der Waals surface area contributed by atoms with Gasteiger partial charge >= 0.3 is 0 Å². The van der Waals surface area contributed by atoms with E-state index in [0.29, 0.717) is 11.5 Å². The van der Waals surface area contributed by atoms with Crippen LogP contribution in [-0.2, 0) is 0 Å². The van der Waals surface area contributed by atoms with Gasteiger partial charge in [0.25, 0.3) is 0 Å². The lowest BCUT2D eigenvalue weighted by atomic mass is 10.1. The molecule has 3 rings (SSSR count). The first-order valence-corrected chi connectivity index (χ1v) is 8.64. The first kappa shape index (κ1) is 17.6. The molecule has 0 aliphatic rings. The zero-order valence-electron chi connectivity index (χ0n) is 15.2. The van der Waals surface area contributed by atoms with Gasteiger partial charge in [-0.05, 0) is 31.0 Å². The predicted octanol–water partition coefficient (Wildman–Crippen LogP) is 5.92. The summed E-state index contributed by atoms with van der Waals surface area (Å²) in [5.41, 5.74) is 5.87. The van der Waals surface area contributed by atoms with Crippen molar-refractivity contribution in [2.75, 3.05) is 0 Å². The minimum absolute atomic E-state index is 0.665. The van der Waals surface area contributed by atoms with E-state index < -0.39 is 0 Å². The third-order valence-electron chi connectivity index (χ3n) is 4.09. The average molecular weight is 338 g/mol. The molecule has 0 radical (unpaired) electrons. The SMILES string of the molecule is C=C(N=C(N=C(C)c1ccccc1)c1ccccc1)c1cccc(C)c1. The number of nitrogens with zero attached hydrogens (tertiary/aromatic N) is 2. The summed E-state index contributed by atoms with van der Waals surface area (Å²) in [7, 11) is 0. The van der Waals surface area contributed by atoms with Crippen molar-refractivity contribution < 1.29 is 0 Å². The maximum atomic E-state index is 4.81. The summed E-state index contributed by atoms with van der Waals surface area (Å²) in [4.78, 5) is 9.57. The van der Waals surface area contributed by atoms with Crippen molar-refractivity contribution in [3.63, 3.8) is 0 Å². The van der Waals surface area contributed by atoms with Crippen LogP contribution in [0.25, 0.3) is 5.70 Å². The topological polar surface area (TPSA) is 24.7 Å². The van der Waals surface area contributed by atoms with Gasteiger partial charge in [-0.15, -0.1) is 0 Å². The van der Waals surface area contributed by atoms with Crippen LogP contribution in [0.5, 0.6) is 0 Å². The Balaban J connectivity index is 2.03. The van der Waals surface area contributed by atoms with E-state index in [1.165, 1.54) is 5.56 Å². The van der Waals surface area contributed by atoms with Crippen molar-refractivity contribution in [3.05, 3.63) is 114 Å². The molecule has 0 spiro atoms. The molecule has 26 heavy (non-hydrogen) atoms. The molecular formula is C24H22N2. The number of aliphatic imine (C=N–C) groups is 2. The summed E-state index contributed by atoms with van der Waals surface area (Å²) < 4.78 is 0. The van der Waals surface area contributed by atoms with Crippen molar-refractivity contribution in [3.8, 4) is 0 Å². The average Bonchev–Trinajstić information content (AvgIpc) is 2.68. The van der Waals surface area contributed by atoms with Gasteiger partial charge in [-0.25, -0.2) is 9.98 Å². The van der Waals surface area contributed by atoms with Crippen LogP contribution in [0.1, 0.15) is 29.2 Å². The highest BCUT2D eigenvalue weighted by Gasteiger charge is 2.06. The highest BCUT2D eigenvalue weighted by atomic mass is 14.9. The molecule has 2 heteroatoms. The van der Waals surface area contributed by atoms with Crippen LogP contribution in [0.15, 0.2) is 101 Å². The van der Waals surface area contributed by atoms with E-state index in [-0.39, 0.29) is 0 Å². The highest BCUT2D eigenvalue weighted by molar-refractivity contribution is 6.12. The Morgan fingerprint density at radius 2 is 1.27 bits per heavy atom. The highest BCUT2D eigenvalue weighted by Crippen LogP contribution is 2.18. The fourth-order valence-electron chi connectivity index (χ4n) is 2.66. The maximum absolute atomic E-state index is 4.81. The normalized spacial score (nSPS) is 12.1. The summed E-state index contributed by atoms with van der Waals surface area (Å²) in [5.74, 6) is 0.665. The third kappa shape index (κ3) is 4.42. The number of hydrogen-bond acceptors (Lipinski definition) is 1. The van der Waals surface area contributed by atoms with Crippen LogP contribution in [0.2, 0.25) is 0 Å². The molecule has 128 valence electrons. The molecule has 0 aromatic heterocycles. The van der Waals surface area contributed by atoms with Crippen LogP contribution >= 0.6 is 0 Å². The van der Waals surface area contributed by atoms with Crippen molar-refractivity contribution in [2.24, 2.45) is 9.98 Å². The molecule has 0 saturated carbocycles. The summed E-state index contributed by atoms with van der Waals surface area (Å²) in [6.07, 6.45) is 0. The molecule has 0 heterocycles. The lowest BCUT2D eigenvalue weighted by Crippen LogP contribution is -2.04. The van der Waals surface area contributed by atoms with E-state index in [1.54, 1.807) is 0 Å². The number of amidine groups is 1. The van der Waals surface area contributed by atoms with Gasteiger partial charge in [0, 0.05) is 11.3 Å². The van der Waals surface area contributed by atoms with Gasteiger partial charge in [-0.2, -0.15) is 0 Å². The second-order valence-electron chi connectivity index (χ2n) is 6.18. The van der Waals surface area contributed by atoms with E-state index in [2.05, 4.69) is 37.8 Å². The van der Waals surface area contributed by atoms with Crippen molar-refractivity contribution in [2.45, 2.75) is 13.8 Å². The molecule has 0 unspecified atom stereocenters. The van der Waals surface area contributed by atoms with Gasteiger partial charge in [0.1, 0.15) is 0 Å². The van der Waals surface area contributed by atoms with Crippen molar-refractivity contribution >= 4 is 17.2 Å². The number of benzene rings is 3. The molecule has 0 saturated heterocycles. The summed E-state index contributed by atoms with van der Waals surface area (Å²) >= 11 is 0. The van der Waals surface area contributed by atoms with E-state index in [4.69, 9.17) is 9.98 Å². The zero-order chi connectivity index (χ0) is 18.4. The van der Waals surface area contributed by atoms with E-state index in [9.17, 15) is 0 Å². The van der Waals surface area contributed by atoms with Gasteiger partial charge in [-0.1, -0.05) is 91.0 Å². The summed E-state index contributed by atoms with van der Waals surface area (Å²) in [6, 6.07) is 28.3.